The maximum Gasteiger partial charge on any atom is 0.407 e. The molecule has 14 nitrogen and oxygen atoms in total. The fraction of sp³-hybridized carbons (Fsp3) is 0.439. The molecule has 4 aliphatic rings. The summed E-state index contributed by atoms with van der Waals surface area (Å²) in [4.78, 5) is 77.7. The molecule has 304 valence electrons. The lowest BCUT2D eigenvalue weighted by Crippen LogP contribution is -2.54. The molecule has 5 amide bonds. The number of imide groups is 2. The molecular weight excluding hydrogens is 757 g/mol. The number of anilines is 3. The number of halogens is 3. The summed E-state index contributed by atoms with van der Waals surface area (Å²) in [5, 5.41) is 5.08. The fourth-order valence-electron chi connectivity index (χ4n) is 7.89. The molecule has 3 fully saturated rings. The number of amides is 5. The van der Waals surface area contributed by atoms with Gasteiger partial charge < -0.3 is 19.9 Å². The zero-order valence-electron chi connectivity index (χ0n) is 31.7. The Hall–Kier alpha value is -6.02. The number of fused-ring (bicyclic) bond motifs is 1. The quantitative estimate of drug-likeness (QED) is 0.141. The van der Waals surface area contributed by atoms with E-state index in [0.29, 0.717) is 49.8 Å². The van der Waals surface area contributed by atoms with E-state index in [1.807, 2.05) is 11.0 Å². The summed E-state index contributed by atoms with van der Waals surface area (Å²) >= 11 is 0. The molecule has 3 aromatic rings. The van der Waals surface area contributed by atoms with Crippen molar-refractivity contribution in [1.82, 2.24) is 20.1 Å². The molecule has 2 aromatic carbocycles. The highest BCUT2D eigenvalue weighted by Gasteiger charge is 2.45. The Balaban J connectivity index is 0.781. The van der Waals surface area contributed by atoms with Gasteiger partial charge in [0.15, 0.2) is 5.69 Å². The normalized spacial score (nSPS) is 19.2. The number of hydrogen-bond acceptors (Lipinski definition) is 10. The Kier molecular flexibility index (Phi) is 11.9. The lowest BCUT2D eigenvalue weighted by molar-refractivity contribution is -0.137. The average Bonchev–Trinajstić information content (AvgIpc) is 3.47. The number of carbonyl (C=O) groups is 5. The van der Waals surface area contributed by atoms with Crippen LogP contribution in [0.4, 0.5) is 36.1 Å². The second-order valence-corrected chi connectivity index (χ2v) is 14.9. The number of nitrogens with zero attached hydrogens (tertiary/aromatic N) is 6. The van der Waals surface area contributed by atoms with Gasteiger partial charge in [-0.25, -0.2) is 9.83 Å². The Bertz CT molecular complexity index is 2110. The Morgan fingerprint density at radius 2 is 1.59 bits per heavy atom. The molecule has 1 aromatic heterocycles. The van der Waals surface area contributed by atoms with Crippen molar-refractivity contribution in [2.24, 2.45) is 5.92 Å². The van der Waals surface area contributed by atoms with Crippen LogP contribution in [-0.4, -0.2) is 103 Å². The van der Waals surface area contributed by atoms with Gasteiger partial charge in [0, 0.05) is 57.3 Å². The van der Waals surface area contributed by atoms with E-state index in [-0.39, 0.29) is 35.8 Å². The number of carbonyl (C=O) groups excluding carboxylic acids is 5. The van der Waals surface area contributed by atoms with Crippen molar-refractivity contribution in [2.75, 3.05) is 67.5 Å². The second kappa shape index (κ2) is 17.2. The van der Waals surface area contributed by atoms with Gasteiger partial charge >= 0.3 is 6.18 Å². The van der Waals surface area contributed by atoms with E-state index < -0.39 is 47.1 Å². The maximum atomic E-state index is 13.4. The van der Waals surface area contributed by atoms with Gasteiger partial charge in [-0.05, 0) is 87.5 Å². The summed E-state index contributed by atoms with van der Waals surface area (Å²) in [6.45, 7) is 12.7. The topological polar surface area (TPSA) is 149 Å². The van der Waals surface area contributed by atoms with Crippen LogP contribution in [0, 0.1) is 12.5 Å². The van der Waals surface area contributed by atoms with E-state index in [0.717, 1.165) is 68.6 Å². The first-order valence-corrected chi connectivity index (χ1v) is 19.5. The first kappa shape index (κ1) is 40.2. The molecule has 3 saturated heterocycles. The molecule has 5 heterocycles. The number of piperidine rings is 2. The van der Waals surface area contributed by atoms with E-state index in [1.54, 1.807) is 24.4 Å². The van der Waals surface area contributed by atoms with E-state index >= 15 is 0 Å². The monoisotopic (exact) mass is 800 g/mol. The fourth-order valence-corrected chi connectivity index (χ4v) is 7.89. The maximum absolute atomic E-state index is 13.4. The molecule has 0 saturated carbocycles. The Morgan fingerprint density at radius 1 is 0.862 bits per heavy atom. The van der Waals surface area contributed by atoms with Crippen molar-refractivity contribution < 1.29 is 41.9 Å². The highest BCUT2D eigenvalue weighted by Crippen LogP contribution is 2.39. The third-order valence-electron chi connectivity index (χ3n) is 11.2. The summed E-state index contributed by atoms with van der Waals surface area (Å²) in [6, 6.07) is 11.2. The number of unbranched alkanes of at least 4 members (excludes halogenated alkanes) is 2. The van der Waals surface area contributed by atoms with Gasteiger partial charge in [-0.3, -0.25) is 39.1 Å². The number of alkyl halides is 3. The van der Waals surface area contributed by atoms with Gasteiger partial charge in [0.05, 0.1) is 41.8 Å². The van der Waals surface area contributed by atoms with Crippen molar-refractivity contribution in [3.05, 3.63) is 82.8 Å². The lowest BCUT2D eigenvalue weighted by atomic mass is 9.95. The van der Waals surface area contributed by atoms with Crippen molar-refractivity contribution in [3.63, 3.8) is 0 Å². The molecule has 0 bridgehead atoms. The smallest absolute Gasteiger partial charge is 0.407 e. The van der Waals surface area contributed by atoms with Gasteiger partial charge in [-0.2, -0.15) is 13.2 Å². The molecule has 58 heavy (non-hydrogen) atoms. The molecular formula is C41H43F3N8O6. The number of ether oxygens (including phenoxy) is 1. The number of benzene rings is 2. The highest BCUT2D eigenvalue weighted by atomic mass is 19.4. The zero-order valence-corrected chi connectivity index (χ0v) is 31.7. The molecule has 7 rings (SSSR count). The van der Waals surface area contributed by atoms with Gasteiger partial charge in [-0.1, -0.05) is 6.07 Å². The number of rotatable bonds is 12. The summed E-state index contributed by atoms with van der Waals surface area (Å²) in [7, 11) is 0. The van der Waals surface area contributed by atoms with Crippen LogP contribution in [0.1, 0.15) is 71.2 Å². The summed E-state index contributed by atoms with van der Waals surface area (Å²) in [5.41, 5.74) is 0.375. The van der Waals surface area contributed by atoms with Crippen LogP contribution in [-0.2, 0) is 20.6 Å². The molecule has 0 aliphatic carbocycles. The molecule has 2 N–H and O–H groups in total. The standard InChI is InChI=1S/C41H43F3N8O6/c1-45-33-9-5-27(23-32(33)41(42,43)44)50-16-13-26(14-17-50)37(54)47-35-11-6-28(25-46-35)51-20-18-49(19-21-51)15-3-2-4-22-58-29-7-8-30-31(24-29)40(57)52(39(30)56)34-10-12-36(53)48-38(34)55/h5-9,11,23-26,34H,2-4,10,12-22H2,(H,46,47,54)(H,48,53,55). The largest absolute Gasteiger partial charge is 0.494 e. The molecule has 17 heteroatoms. The Labute approximate surface area is 333 Å². The molecule has 1 atom stereocenters. The van der Waals surface area contributed by atoms with Crippen LogP contribution >= 0.6 is 0 Å². The summed E-state index contributed by atoms with van der Waals surface area (Å²) in [6.07, 6.45) is 1.00. The van der Waals surface area contributed by atoms with Crippen LogP contribution in [0.2, 0.25) is 0 Å². The van der Waals surface area contributed by atoms with Gasteiger partial charge in [0.25, 0.3) is 11.8 Å². The first-order chi connectivity index (χ1) is 27.9. The number of aromatic nitrogens is 1. The van der Waals surface area contributed by atoms with Crippen molar-refractivity contribution in [1.29, 1.82) is 0 Å². The van der Waals surface area contributed by atoms with E-state index in [2.05, 4.69) is 30.3 Å². The van der Waals surface area contributed by atoms with Crippen LogP contribution in [0.25, 0.3) is 4.85 Å². The predicted octanol–water partition coefficient (Wildman–Crippen LogP) is 5.28. The zero-order chi connectivity index (χ0) is 41.0. The lowest BCUT2D eigenvalue weighted by Gasteiger charge is -2.36. The van der Waals surface area contributed by atoms with E-state index in [1.165, 1.54) is 18.2 Å². The number of hydrogen-bond donors (Lipinski definition) is 2. The molecule has 1 unspecified atom stereocenters. The molecule has 0 spiro atoms. The number of piperazine rings is 1. The highest BCUT2D eigenvalue weighted by molar-refractivity contribution is 6.23. The van der Waals surface area contributed by atoms with E-state index in [9.17, 15) is 37.1 Å². The van der Waals surface area contributed by atoms with Gasteiger partial charge in [0.2, 0.25) is 17.7 Å². The third kappa shape index (κ3) is 8.91. The minimum atomic E-state index is -4.62. The van der Waals surface area contributed by atoms with Crippen LogP contribution in [0.3, 0.4) is 0 Å². The summed E-state index contributed by atoms with van der Waals surface area (Å²) in [5.74, 6) is -1.73. The van der Waals surface area contributed by atoms with Crippen molar-refractivity contribution in [2.45, 2.75) is 57.2 Å². The minimum absolute atomic E-state index is 0.0621. The molecule has 0 radical (unpaired) electrons. The third-order valence-corrected chi connectivity index (χ3v) is 11.2. The van der Waals surface area contributed by atoms with Crippen molar-refractivity contribution >= 4 is 52.4 Å². The van der Waals surface area contributed by atoms with Gasteiger partial charge in [0.1, 0.15) is 17.6 Å². The minimum Gasteiger partial charge on any atom is -0.494 e. The van der Waals surface area contributed by atoms with Crippen molar-refractivity contribution in [3.8, 4) is 5.75 Å². The van der Waals surface area contributed by atoms with E-state index in [4.69, 9.17) is 11.3 Å². The second-order valence-electron chi connectivity index (χ2n) is 14.9. The Morgan fingerprint density at radius 3 is 2.28 bits per heavy atom. The predicted molar refractivity (Wildman–Crippen MR) is 207 cm³/mol. The first-order valence-electron chi connectivity index (χ1n) is 19.5. The average molecular weight is 801 g/mol. The SMILES string of the molecule is [C-]#[N+]c1ccc(N2CCC(C(=O)Nc3ccc(N4CCN(CCCCCOc5ccc6c(c5)C(=O)N(C5CCC(=O)NC5=O)C6=O)CC4)cn3)CC2)cc1C(F)(F)F. The van der Waals surface area contributed by atoms with Crippen LogP contribution < -0.4 is 25.2 Å². The van der Waals surface area contributed by atoms with Gasteiger partial charge in [-0.15, -0.1) is 0 Å². The van der Waals surface area contributed by atoms with Crippen LogP contribution in [0.15, 0.2) is 54.7 Å². The summed E-state index contributed by atoms with van der Waals surface area (Å²) < 4.78 is 46.2. The number of pyridine rings is 1. The molecule has 4 aliphatic heterocycles. The van der Waals surface area contributed by atoms with Crippen LogP contribution in [0.5, 0.6) is 5.75 Å². The number of nitrogens with one attached hydrogen (secondary N) is 2.